The van der Waals surface area contributed by atoms with Crippen LogP contribution in [-0.2, 0) is 0 Å². The normalized spacial score (nSPS) is 11.6. The Balaban J connectivity index is 2.32. The first-order valence-corrected chi connectivity index (χ1v) is 5.71. The number of anilines is 1. The number of nitrogens with one attached hydrogen (secondary N) is 1. The number of halogens is 2. The van der Waals surface area contributed by atoms with Gasteiger partial charge in [-0.25, -0.2) is 13.8 Å². The van der Waals surface area contributed by atoms with Crippen LogP contribution in [0.4, 0.5) is 14.6 Å². The molecule has 0 aliphatic rings. The maximum absolute atomic E-state index is 13.0. The van der Waals surface area contributed by atoms with Gasteiger partial charge in [-0.15, -0.1) is 0 Å². The predicted molar refractivity (Wildman–Crippen MR) is 68.8 cm³/mol. The zero-order valence-corrected chi connectivity index (χ0v) is 10.4. The average molecular weight is 268 g/mol. The van der Waals surface area contributed by atoms with E-state index in [2.05, 4.69) is 10.3 Å². The van der Waals surface area contributed by atoms with Crippen LogP contribution < -0.4 is 10.1 Å². The van der Waals surface area contributed by atoms with E-state index >= 15 is 0 Å². The van der Waals surface area contributed by atoms with Gasteiger partial charge in [0.05, 0.1) is 13.7 Å². The first kappa shape index (κ1) is 13.5. The number of hydrogen-bond acceptors (Lipinski definition) is 4. The molecule has 19 heavy (non-hydrogen) atoms. The largest absolute Gasteiger partial charge is 0.497 e. The summed E-state index contributed by atoms with van der Waals surface area (Å²) >= 11 is 0. The second-order valence-electron chi connectivity index (χ2n) is 4.11. The van der Waals surface area contributed by atoms with Crippen molar-refractivity contribution in [3.8, 4) is 5.75 Å². The van der Waals surface area contributed by atoms with E-state index in [1.165, 1.54) is 13.3 Å². The summed E-state index contributed by atoms with van der Waals surface area (Å²) in [5.41, 5.74) is 0. The number of aromatic nitrogens is 1. The Bertz CT molecular complexity index is 576. The minimum atomic E-state index is -3.18. The van der Waals surface area contributed by atoms with E-state index in [0.717, 1.165) is 5.39 Å². The molecule has 0 aliphatic carbocycles. The highest BCUT2D eigenvalue weighted by atomic mass is 19.3. The zero-order chi connectivity index (χ0) is 13.9. The van der Waals surface area contributed by atoms with Crippen molar-refractivity contribution < 1.29 is 18.6 Å². The predicted octanol–water partition coefficient (Wildman–Crippen LogP) is 2.28. The van der Waals surface area contributed by atoms with Crippen LogP contribution in [0.25, 0.3) is 10.8 Å². The molecule has 1 aromatic carbocycles. The lowest BCUT2D eigenvalue weighted by atomic mass is 10.1. The van der Waals surface area contributed by atoms with Crippen LogP contribution in [0.15, 0.2) is 30.5 Å². The molecule has 4 nitrogen and oxygen atoms in total. The fraction of sp³-hybridized carbons (Fsp3) is 0.308. The zero-order valence-electron chi connectivity index (χ0n) is 10.4. The summed E-state index contributed by atoms with van der Waals surface area (Å²) in [5, 5.41) is 12.6. The first-order chi connectivity index (χ1) is 9.05. The van der Waals surface area contributed by atoms with Crippen LogP contribution in [0.2, 0.25) is 0 Å². The quantitative estimate of drug-likeness (QED) is 0.873. The molecule has 6 heteroatoms. The minimum absolute atomic E-state index is 0.338. The Morgan fingerprint density at radius 3 is 2.84 bits per heavy atom. The number of ether oxygens (including phenoxy) is 1. The summed E-state index contributed by atoms with van der Waals surface area (Å²) in [5.74, 6) is -2.22. The van der Waals surface area contributed by atoms with E-state index in [-0.39, 0.29) is 0 Å². The highest BCUT2D eigenvalue weighted by Gasteiger charge is 2.27. The summed E-state index contributed by atoms with van der Waals surface area (Å²) in [7, 11) is 1.53. The first-order valence-electron chi connectivity index (χ1n) is 5.71. The van der Waals surface area contributed by atoms with Crippen molar-refractivity contribution in [2.45, 2.75) is 5.92 Å². The maximum Gasteiger partial charge on any atom is 0.287 e. The average Bonchev–Trinajstić information content (AvgIpc) is 2.44. The SMILES string of the molecule is COc1ccc2ccnc(NCC(F)(F)CO)c2c1. The smallest absolute Gasteiger partial charge is 0.287 e. The molecule has 2 aromatic rings. The Hall–Kier alpha value is -1.95. The van der Waals surface area contributed by atoms with Crippen LogP contribution in [-0.4, -0.2) is 36.3 Å². The van der Waals surface area contributed by atoms with Gasteiger partial charge in [-0.1, -0.05) is 6.07 Å². The topological polar surface area (TPSA) is 54.4 Å². The van der Waals surface area contributed by atoms with Crippen molar-refractivity contribution in [1.29, 1.82) is 0 Å². The molecule has 1 heterocycles. The van der Waals surface area contributed by atoms with E-state index in [0.29, 0.717) is 17.0 Å². The molecule has 1 aromatic heterocycles. The van der Waals surface area contributed by atoms with Crippen LogP contribution in [0.5, 0.6) is 5.75 Å². The molecular formula is C13H14F2N2O2. The van der Waals surface area contributed by atoms with Crippen LogP contribution in [0.3, 0.4) is 0 Å². The Labute approximate surface area is 109 Å². The molecule has 0 unspecified atom stereocenters. The molecular weight excluding hydrogens is 254 g/mol. The molecule has 2 rings (SSSR count). The maximum atomic E-state index is 13.0. The fourth-order valence-corrected chi connectivity index (χ4v) is 1.68. The van der Waals surface area contributed by atoms with E-state index < -0.39 is 19.1 Å². The number of aliphatic hydroxyl groups excluding tert-OH is 1. The van der Waals surface area contributed by atoms with Crippen LogP contribution in [0.1, 0.15) is 0 Å². The van der Waals surface area contributed by atoms with Gasteiger partial charge in [0.25, 0.3) is 5.92 Å². The number of nitrogens with zero attached hydrogens (tertiary/aromatic N) is 1. The van der Waals surface area contributed by atoms with Gasteiger partial charge in [0.2, 0.25) is 0 Å². The molecule has 0 fully saturated rings. The summed E-state index contributed by atoms with van der Waals surface area (Å²) in [6.45, 7) is -1.87. The number of fused-ring (bicyclic) bond motifs is 1. The van der Waals surface area contributed by atoms with Crippen molar-refractivity contribution in [1.82, 2.24) is 4.98 Å². The summed E-state index contributed by atoms with van der Waals surface area (Å²) < 4.78 is 31.1. The van der Waals surface area contributed by atoms with Crippen molar-refractivity contribution >= 4 is 16.6 Å². The summed E-state index contributed by atoms with van der Waals surface area (Å²) in [6, 6.07) is 7.12. The van der Waals surface area contributed by atoms with Crippen molar-refractivity contribution in [2.24, 2.45) is 0 Å². The number of alkyl halides is 2. The highest BCUT2D eigenvalue weighted by molar-refractivity contribution is 5.92. The number of pyridine rings is 1. The summed E-state index contributed by atoms with van der Waals surface area (Å²) in [6.07, 6.45) is 1.54. The lowest BCUT2D eigenvalue weighted by Crippen LogP contribution is -2.31. The van der Waals surface area contributed by atoms with Gasteiger partial charge < -0.3 is 15.2 Å². The monoisotopic (exact) mass is 268 g/mol. The molecule has 102 valence electrons. The molecule has 0 aliphatic heterocycles. The lowest BCUT2D eigenvalue weighted by Gasteiger charge is -2.15. The molecule has 0 saturated carbocycles. The Morgan fingerprint density at radius 1 is 1.37 bits per heavy atom. The van der Waals surface area contributed by atoms with Crippen molar-refractivity contribution in [2.75, 3.05) is 25.6 Å². The molecule has 0 atom stereocenters. The van der Waals surface area contributed by atoms with Gasteiger partial charge in [-0.3, -0.25) is 0 Å². The van der Waals surface area contributed by atoms with Gasteiger partial charge in [-0.05, 0) is 23.6 Å². The standard InChI is InChI=1S/C13H14F2N2O2/c1-19-10-3-2-9-4-5-16-12(11(9)6-10)17-7-13(14,15)8-18/h2-6,18H,7-8H2,1H3,(H,16,17). The fourth-order valence-electron chi connectivity index (χ4n) is 1.68. The van der Waals surface area contributed by atoms with Gasteiger partial charge in [0, 0.05) is 11.6 Å². The van der Waals surface area contributed by atoms with Gasteiger partial charge in [0.1, 0.15) is 18.2 Å². The number of rotatable bonds is 5. The third-order valence-corrected chi connectivity index (χ3v) is 2.72. The second kappa shape index (κ2) is 5.36. The van der Waals surface area contributed by atoms with Gasteiger partial charge in [0.15, 0.2) is 0 Å². The minimum Gasteiger partial charge on any atom is -0.497 e. The Kier molecular flexibility index (Phi) is 3.80. The van der Waals surface area contributed by atoms with E-state index in [1.807, 2.05) is 6.07 Å². The third-order valence-electron chi connectivity index (χ3n) is 2.72. The molecule has 0 saturated heterocycles. The third kappa shape index (κ3) is 3.08. The van der Waals surface area contributed by atoms with Crippen molar-refractivity contribution in [3.63, 3.8) is 0 Å². The molecule has 0 radical (unpaired) electrons. The molecule has 0 spiro atoms. The van der Waals surface area contributed by atoms with E-state index in [9.17, 15) is 8.78 Å². The van der Waals surface area contributed by atoms with E-state index in [1.54, 1.807) is 18.2 Å². The lowest BCUT2D eigenvalue weighted by molar-refractivity contribution is -0.0373. The number of hydrogen-bond donors (Lipinski definition) is 2. The van der Waals surface area contributed by atoms with Crippen LogP contribution in [0, 0.1) is 0 Å². The molecule has 2 N–H and O–H groups in total. The molecule has 0 amide bonds. The highest BCUT2D eigenvalue weighted by Crippen LogP contribution is 2.26. The summed E-state index contributed by atoms with van der Waals surface area (Å²) in [4.78, 5) is 4.04. The number of methoxy groups -OCH3 is 1. The Morgan fingerprint density at radius 2 is 2.16 bits per heavy atom. The van der Waals surface area contributed by atoms with Gasteiger partial charge >= 0.3 is 0 Å². The van der Waals surface area contributed by atoms with Gasteiger partial charge in [-0.2, -0.15) is 0 Å². The van der Waals surface area contributed by atoms with Crippen molar-refractivity contribution in [3.05, 3.63) is 30.5 Å². The second-order valence-corrected chi connectivity index (χ2v) is 4.11. The van der Waals surface area contributed by atoms with Crippen LogP contribution >= 0.6 is 0 Å². The molecule has 0 bridgehead atoms. The van der Waals surface area contributed by atoms with E-state index in [4.69, 9.17) is 9.84 Å². The number of benzene rings is 1. The number of aliphatic hydroxyl groups is 1.